The Morgan fingerprint density at radius 3 is 2.21 bits per heavy atom. The van der Waals surface area contributed by atoms with E-state index in [9.17, 15) is 19.5 Å². The smallest absolute Gasteiger partial charge is 0.336 e. The number of hydrogen-bond donors (Lipinski definition) is 6. The SMILES string of the molecule is O=C(O)CC(O)(CC(=O)O)C(=O)O.OC1CCC2NC=c3ccccc3=C2C1. The zero-order chi connectivity index (χ0) is 20.9. The highest BCUT2D eigenvalue weighted by Crippen LogP contribution is 2.24. The summed E-state index contributed by atoms with van der Waals surface area (Å²) in [5.41, 5.74) is -1.36. The van der Waals surface area contributed by atoms with E-state index >= 15 is 0 Å². The average molecular weight is 393 g/mol. The van der Waals surface area contributed by atoms with Gasteiger partial charge in [-0.2, -0.15) is 0 Å². The van der Waals surface area contributed by atoms with Gasteiger partial charge >= 0.3 is 17.9 Å². The van der Waals surface area contributed by atoms with Crippen molar-refractivity contribution in [3.8, 4) is 0 Å². The minimum absolute atomic E-state index is 0.149. The number of carboxylic acids is 3. The summed E-state index contributed by atoms with van der Waals surface area (Å²) in [6.07, 6.45) is 2.44. The highest BCUT2D eigenvalue weighted by atomic mass is 16.4. The summed E-state index contributed by atoms with van der Waals surface area (Å²) in [7, 11) is 0. The van der Waals surface area contributed by atoms with E-state index < -0.39 is 36.4 Å². The molecule has 6 N–H and O–H groups in total. The molecule has 1 aromatic carbocycles. The summed E-state index contributed by atoms with van der Waals surface area (Å²) in [6, 6.07) is 8.85. The van der Waals surface area contributed by atoms with Crippen LogP contribution in [-0.2, 0) is 14.4 Å². The van der Waals surface area contributed by atoms with E-state index in [1.807, 2.05) is 0 Å². The molecule has 1 saturated carbocycles. The molecule has 0 spiro atoms. The van der Waals surface area contributed by atoms with E-state index in [0.29, 0.717) is 6.04 Å². The van der Waals surface area contributed by atoms with Crippen molar-refractivity contribution in [2.24, 2.45) is 0 Å². The molecular formula is C19H23NO8. The summed E-state index contributed by atoms with van der Waals surface area (Å²) >= 11 is 0. The topological polar surface area (TPSA) is 164 Å². The lowest BCUT2D eigenvalue weighted by atomic mass is 9.85. The van der Waals surface area contributed by atoms with E-state index in [1.54, 1.807) is 0 Å². The van der Waals surface area contributed by atoms with Gasteiger partial charge in [0.1, 0.15) is 0 Å². The predicted octanol–water partition coefficient (Wildman–Crippen LogP) is -1.16. The molecule has 2 unspecified atom stereocenters. The molecule has 1 fully saturated rings. The Bertz CT molecular complexity index is 862. The van der Waals surface area contributed by atoms with Gasteiger partial charge in [0, 0.05) is 12.2 Å². The van der Waals surface area contributed by atoms with Crippen molar-refractivity contribution in [1.82, 2.24) is 5.32 Å². The van der Waals surface area contributed by atoms with E-state index in [-0.39, 0.29) is 6.10 Å². The van der Waals surface area contributed by atoms with Crippen LogP contribution in [0.2, 0.25) is 0 Å². The molecule has 1 heterocycles. The Morgan fingerprint density at radius 1 is 1.04 bits per heavy atom. The second-order valence-electron chi connectivity index (χ2n) is 6.89. The molecular weight excluding hydrogens is 370 g/mol. The van der Waals surface area contributed by atoms with Gasteiger partial charge in [-0.05, 0) is 35.3 Å². The number of carbonyl (C=O) groups is 3. The third-order valence-electron chi connectivity index (χ3n) is 4.70. The largest absolute Gasteiger partial charge is 0.481 e. The minimum atomic E-state index is -2.74. The van der Waals surface area contributed by atoms with Crippen molar-refractivity contribution in [3.05, 3.63) is 34.7 Å². The Morgan fingerprint density at radius 2 is 1.64 bits per heavy atom. The quantitative estimate of drug-likeness (QED) is 0.362. The first kappa shape index (κ1) is 21.4. The van der Waals surface area contributed by atoms with Gasteiger partial charge in [0.25, 0.3) is 0 Å². The van der Waals surface area contributed by atoms with Crippen LogP contribution in [0.4, 0.5) is 0 Å². The maximum atomic E-state index is 10.3. The highest BCUT2D eigenvalue weighted by Gasteiger charge is 2.40. The number of carboxylic acid groups (broad SMARTS) is 3. The normalized spacial score (nSPS) is 20.3. The number of aliphatic hydroxyl groups is 2. The van der Waals surface area contributed by atoms with Crippen molar-refractivity contribution in [3.63, 3.8) is 0 Å². The van der Waals surface area contributed by atoms with Gasteiger partial charge < -0.3 is 30.8 Å². The fraction of sp³-hybridized carbons (Fsp3) is 0.421. The van der Waals surface area contributed by atoms with Gasteiger partial charge in [0.05, 0.1) is 18.9 Å². The maximum Gasteiger partial charge on any atom is 0.336 e. The third kappa shape index (κ3) is 5.30. The van der Waals surface area contributed by atoms with Crippen LogP contribution >= 0.6 is 0 Å². The maximum absolute atomic E-state index is 10.3. The lowest BCUT2D eigenvalue weighted by molar-refractivity contribution is -0.170. The molecule has 9 heteroatoms. The molecule has 3 rings (SSSR count). The van der Waals surface area contributed by atoms with Gasteiger partial charge in [-0.1, -0.05) is 24.3 Å². The lowest BCUT2D eigenvalue weighted by Gasteiger charge is -2.31. The summed E-state index contributed by atoms with van der Waals surface area (Å²) < 4.78 is 0. The van der Waals surface area contributed by atoms with Gasteiger partial charge in [-0.15, -0.1) is 0 Å². The highest BCUT2D eigenvalue weighted by molar-refractivity contribution is 5.88. The standard InChI is InChI=1S/C13H15NO.C6H8O7/c15-10-5-6-13-12(7-10)11-4-2-1-3-9(11)8-14-13;7-3(8)1-6(13,5(11)12)2-4(9)10/h1-4,8,10,13-15H,5-7H2;13H,1-2H2,(H,7,8)(H,9,10)(H,11,12). The number of rotatable bonds is 5. The number of aliphatic hydroxyl groups excluding tert-OH is 1. The predicted molar refractivity (Wildman–Crippen MR) is 97.4 cm³/mol. The molecule has 2 atom stereocenters. The molecule has 0 saturated heterocycles. The van der Waals surface area contributed by atoms with E-state index in [0.717, 1.165) is 19.3 Å². The second-order valence-corrected chi connectivity index (χ2v) is 6.89. The van der Waals surface area contributed by atoms with Crippen LogP contribution in [0.1, 0.15) is 32.1 Å². The van der Waals surface area contributed by atoms with E-state index in [2.05, 4.69) is 35.8 Å². The van der Waals surface area contributed by atoms with Crippen LogP contribution in [0.5, 0.6) is 0 Å². The van der Waals surface area contributed by atoms with Crippen molar-refractivity contribution in [1.29, 1.82) is 0 Å². The monoisotopic (exact) mass is 393 g/mol. The molecule has 0 radical (unpaired) electrons. The zero-order valence-electron chi connectivity index (χ0n) is 15.0. The minimum Gasteiger partial charge on any atom is -0.481 e. The molecule has 1 aromatic rings. The summed E-state index contributed by atoms with van der Waals surface area (Å²) in [5.74, 6) is -5.02. The second kappa shape index (κ2) is 8.85. The van der Waals surface area contributed by atoms with Crippen LogP contribution in [0.15, 0.2) is 24.3 Å². The summed E-state index contributed by atoms with van der Waals surface area (Å²) in [6.45, 7) is 0. The van der Waals surface area contributed by atoms with Gasteiger partial charge in [-0.25, -0.2) is 4.79 Å². The van der Waals surface area contributed by atoms with Crippen LogP contribution in [0.3, 0.4) is 0 Å². The molecule has 0 aromatic heterocycles. The number of nitrogens with one attached hydrogen (secondary N) is 1. The van der Waals surface area contributed by atoms with Crippen molar-refractivity contribution in [2.75, 3.05) is 0 Å². The Kier molecular flexibility index (Phi) is 6.76. The van der Waals surface area contributed by atoms with Gasteiger partial charge in [0.15, 0.2) is 5.60 Å². The molecule has 1 aliphatic heterocycles. The Labute approximate surface area is 160 Å². The first-order valence-corrected chi connectivity index (χ1v) is 8.74. The Balaban J connectivity index is 0.000000204. The zero-order valence-corrected chi connectivity index (χ0v) is 15.0. The van der Waals surface area contributed by atoms with Crippen LogP contribution in [0, 0.1) is 0 Å². The molecule has 2 aliphatic rings. The molecule has 0 amide bonds. The van der Waals surface area contributed by atoms with Gasteiger partial charge in [-0.3, -0.25) is 9.59 Å². The third-order valence-corrected chi connectivity index (χ3v) is 4.70. The first-order chi connectivity index (χ1) is 13.1. The van der Waals surface area contributed by atoms with Crippen LogP contribution < -0.4 is 15.8 Å². The molecule has 152 valence electrons. The summed E-state index contributed by atoms with van der Waals surface area (Å²) in [4.78, 5) is 30.5. The number of fused-ring (bicyclic) bond motifs is 2. The first-order valence-electron chi connectivity index (χ1n) is 8.74. The molecule has 0 bridgehead atoms. The summed E-state index contributed by atoms with van der Waals surface area (Å²) in [5, 5.41) is 49.5. The van der Waals surface area contributed by atoms with E-state index in [1.165, 1.54) is 16.0 Å². The molecule has 1 aliphatic carbocycles. The fourth-order valence-corrected chi connectivity index (χ4v) is 3.33. The number of hydrogen-bond acceptors (Lipinski definition) is 6. The fourth-order valence-electron chi connectivity index (χ4n) is 3.33. The van der Waals surface area contributed by atoms with Crippen molar-refractivity contribution < 1.29 is 39.9 Å². The molecule has 9 nitrogen and oxygen atoms in total. The van der Waals surface area contributed by atoms with E-state index in [4.69, 9.17) is 20.4 Å². The molecule has 28 heavy (non-hydrogen) atoms. The van der Waals surface area contributed by atoms with Gasteiger partial charge in [0.2, 0.25) is 0 Å². The van der Waals surface area contributed by atoms with Crippen molar-refractivity contribution >= 4 is 29.7 Å². The average Bonchev–Trinajstić information content (AvgIpc) is 2.60. The van der Waals surface area contributed by atoms with Crippen LogP contribution in [-0.4, -0.2) is 61.2 Å². The Hall–Kier alpha value is -2.91. The number of benzene rings is 1. The van der Waals surface area contributed by atoms with Crippen molar-refractivity contribution in [2.45, 2.75) is 49.9 Å². The van der Waals surface area contributed by atoms with Crippen LogP contribution in [0.25, 0.3) is 11.8 Å². The number of aliphatic carboxylic acids is 3. The lowest BCUT2D eigenvalue weighted by Crippen LogP contribution is -2.45.